The van der Waals surface area contributed by atoms with Crippen LogP contribution in [0.15, 0.2) is 23.0 Å². The van der Waals surface area contributed by atoms with Crippen molar-refractivity contribution < 1.29 is 4.74 Å². The van der Waals surface area contributed by atoms with Crippen LogP contribution in [0.4, 0.5) is 0 Å². The van der Waals surface area contributed by atoms with E-state index < -0.39 is 0 Å². The third-order valence-corrected chi connectivity index (χ3v) is 5.16. The van der Waals surface area contributed by atoms with Crippen LogP contribution in [0, 0.1) is 11.8 Å². The number of methoxy groups -OCH3 is 1. The van der Waals surface area contributed by atoms with Crippen molar-refractivity contribution in [2.45, 2.75) is 59.3 Å². The minimum atomic E-state index is -0.0799. The number of ether oxygens (including phenoxy) is 1. The molecule has 24 heavy (non-hydrogen) atoms. The van der Waals surface area contributed by atoms with Gasteiger partial charge >= 0.3 is 0 Å². The van der Waals surface area contributed by atoms with Crippen molar-refractivity contribution in [1.29, 1.82) is 0 Å². The molecule has 1 heterocycles. The topological polar surface area (TPSA) is 55.0 Å². The fourth-order valence-corrected chi connectivity index (χ4v) is 3.02. The molecule has 2 unspecified atom stereocenters. The van der Waals surface area contributed by atoms with Crippen LogP contribution in [0.1, 0.15) is 58.6 Å². The van der Waals surface area contributed by atoms with Crippen LogP contribution < -0.4 is 10.3 Å². The number of benzene rings is 1. The molecule has 132 valence electrons. The van der Waals surface area contributed by atoms with Crippen LogP contribution in [0.3, 0.4) is 0 Å². The molecular weight excluding hydrogens is 300 g/mol. The molecule has 0 saturated heterocycles. The highest BCUT2D eigenvalue weighted by Crippen LogP contribution is 2.21. The molecule has 0 aliphatic rings. The van der Waals surface area contributed by atoms with E-state index in [0.29, 0.717) is 5.69 Å². The summed E-state index contributed by atoms with van der Waals surface area (Å²) in [5.74, 6) is 2.31. The van der Waals surface area contributed by atoms with Crippen LogP contribution in [0.5, 0.6) is 5.75 Å². The molecule has 1 N–H and O–H groups in total. The number of aryl methyl sites for hydroxylation is 1. The summed E-state index contributed by atoms with van der Waals surface area (Å²) in [6.07, 6.45) is 6.68. The number of H-pyrrole nitrogens is 1. The summed E-state index contributed by atoms with van der Waals surface area (Å²) in [5.41, 5.74) is 2.10. The molecule has 0 aliphatic heterocycles. The Hall–Kier alpha value is -1.84. The molecular formula is C20H30N2O2. The van der Waals surface area contributed by atoms with Crippen molar-refractivity contribution in [1.82, 2.24) is 9.97 Å². The summed E-state index contributed by atoms with van der Waals surface area (Å²) in [7, 11) is 1.61. The molecule has 0 amide bonds. The summed E-state index contributed by atoms with van der Waals surface area (Å²) in [6.45, 7) is 6.94. The molecule has 0 fully saturated rings. The van der Waals surface area contributed by atoms with E-state index >= 15 is 0 Å². The average Bonchev–Trinajstić information content (AvgIpc) is 2.60. The van der Waals surface area contributed by atoms with E-state index in [1.807, 2.05) is 18.2 Å². The van der Waals surface area contributed by atoms with E-state index in [9.17, 15) is 4.79 Å². The number of unbranched alkanes of at least 4 members (excludes halogenated alkanes) is 2. The normalized spacial score (nSPS) is 13.8. The van der Waals surface area contributed by atoms with Gasteiger partial charge in [-0.05, 0) is 36.8 Å². The molecule has 0 spiro atoms. The summed E-state index contributed by atoms with van der Waals surface area (Å²) < 4.78 is 5.18. The standard InChI is InChI=1S/C20H30N2O2/c1-5-14(2)15(3)9-7-6-8-10-18-20(23)22-19-13-16(24-4)11-12-17(19)21-18/h11-15H,5-10H2,1-4H3,(H,22,23). The molecule has 4 heteroatoms. The van der Waals surface area contributed by atoms with Gasteiger partial charge in [0.1, 0.15) is 11.4 Å². The number of rotatable bonds is 9. The highest BCUT2D eigenvalue weighted by Gasteiger charge is 2.10. The Balaban J connectivity index is 1.89. The van der Waals surface area contributed by atoms with Gasteiger partial charge in [-0.25, -0.2) is 4.98 Å². The zero-order valence-electron chi connectivity index (χ0n) is 15.4. The summed E-state index contributed by atoms with van der Waals surface area (Å²) in [4.78, 5) is 19.6. The zero-order valence-corrected chi connectivity index (χ0v) is 15.4. The van der Waals surface area contributed by atoms with Gasteiger partial charge < -0.3 is 9.72 Å². The van der Waals surface area contributed by atoms with E-state index in [1.165, 1.54) is 19.3 Å². The van der Waals surface area contributed by atoms with Gasteiger partial charge in [-0.3, -0.25) is 4.79 Å². The fraction of sp³-hybridized carbons (Fsp3) is 0.600. The monoisotopic (exact) mass is 330 g/mol. The van der Waals surface area contributed by atoms with Crippen LogP contribution in [0.2, 0.25) is 0 Å². The Bertz CT molecular complexity index is 708. The smallest absolute Gasteiger partial charge is 0.270 e. The molecule has 2 aromatic rings. The molecule has 2 rings (SSSR count). The van der Waals surface area contributed by atoms with E-state index in [2.05, 4.69) is 30.7 Å². The predicted molar refractivity (Wildman–Crippen MR) is 99.7 cm³/mol. The van der Waals surface area contributed by atoms with Gasteiger partial charge in [0.15, 0.2) is 0 Å². The first-order chi connectivity index (χ1) is 11.5. The minimum Gasteiger partial charge on any atom is -0.497 e. The van der Waals surface area contributed by atoms with Crippen LogP contribution in [-0.2, 0) is 6.42 Å². The van der Waals surface area contributed by atoms with Crippen molar-refractivity contribution in [3.63, 3.8) is 0 Å². The average molecular weight is 330 g/mol. The highest BCUT2D eigenvalue weighted by atomic mass is 16.5. The maximum absolute atomic E-state index is 12.2. The molecule has 1 aromatic carbocycles. The summed E-state index contributed by atoms with van der Waals surface area (Å²) in [5, 5.41) is 0. The Morgan fingerprint density at radius 2 is 1.96 bits per heavy atom. The third-order valence-electron chi connectivity index (χ3n) is 5.16. The maximum Gasteiger partial charge on any atom is 0.270 e. The Labute approximate surface area is 144 Å². The Morgan fingerprint density at radius 3 is 2.67 bits per heavy atom. The van der Waals surface area contributed by atoms with Crippen molar-refractivity contribution >= 4 is 11.0 Å². The van der Waals surface area contributed by atoms with E-state index in [0.717, 1.165) is 47.9 Å². The van der Waals surface area contributed by atoms with Gasteiger partial charge in [-0.15, -0.1) is 0 Å². The van der Waals surface area contributed by atoms with Gasteiger partial charge in [0.25, 0.3) is 5.56 Å². The first-order valence-electron chi connectivity index (χ1n) is 9.12. The van der Waals surface area contributed by atoms with E-state index in [1.54, 1.807) is 7.11 Å². The van der Waals surface area contributed by atoms with Crippen LogP contribution in [-0.4, -0.2) is 17.1 Å². The largest absolute Gasteiger partial charge is 0.497 e. The number of hydrogen-bond acceptors (Lipinski definition) is 3. The zero-order chi connectivity index (χ0) is 17.5. The van der Waals surface area contributed by atoms with Gasteiger partial charge in [0, 0.05) is 6.07 Å². The molecule has 1 aromatic heterocycles. The highest BCUT2D eigenvalue weighted by molar-refractivity contribution is 5.75. The molecule has 0 saturated carbocycles. The third kappa shape index (κ3) is 4.83. The van der Waals surface area contributed by atoms with E-state index in [-0.39, 0.29) is 5.56 Å². The lowest BCUT2D eigenvalue weighted by Crippen LogP contribution is -2.15. The minimum absolute atomic E-state index is 0.0799. The second-order valence-corrected chi connectivity index (χ2v) is 6.86. The van der Waals surface area contributed by atoms with Crippen molar-refractivity contribution in [2.24, 2.45) is 11.8 Å². The number of aromatic nitrogens is 2. The predicted octanol–water partition coefficient (Wildman–Crippen LogP) is 4.72. The van der Waals surface area contributed by atoms with Gasteiger partial charge in [-0.2, -0.15) is 0 Å². The maximum atomic E-state index is 12.2. The number of hydrogen-bond donors (Lipinski definition) is 1. The first-order valence-corrected chi connectivity index (χ1v) is 9.12. The summed E-state index contributed by atoms with van der Waals surface area (Å²) in [6, 6.07) is 5.57. The number of fused-ring (bicyclic) bond motifs is 1. The second kappa shape index (κ2) is 8.86. The molecule has 0 bridgehead atoms. The fourth-order valence-electron chi connectivity index (χ4n) is 3.02. The van der Waals surface area contributed by atoms with Crippen molar-refractivity contribution in [3.8, 4) is 5.75 Å². The Kier molecular flexibility index (Phi) is 6.83. The van der Waals surface area contributed by atoms with E-state index in [4.69, 9.17) is 4.74 Å². The van der Waals surface area contributed by atoms with Crippen LogP contribution in [0.25, 0.3) is 11.0 Å². The van der Waals surface area contributed by atoms with Gasteiger partial charge in [0.2, 0.25) is 0 Å². The van der Waals surface area contributed by atoms with Gasteiger partial charge in [0.05, 0.1) is 18.1 Å². The molecule has 0 aliphatic carbocycles. The summed E-state index contributed by atoms with van der Waals surface area (Å²) >= 11 is 0. The molecule has 2 atom stereocenters. The number of nitrogens with zero attached hydrogens (tertiary/aromatic N) is 1. The Morgan fingerprint density at radius 1 is 1.17 bits per heavy atom. The first kappa shape index (κ1) is 18.5. The van der Waals surface area contributed by atoms with Crippen molar-refractivity contribution in [3.05, 3.63) is 34.2 Å². The quantitative estimate of drug-likeness (QED) is 0.677. The van der Waals surface area contributed by atoms with Crippen LogP contribution >= 0.6 is 0 Å². The number of aromatic amines is 1. The molecule has 0 radical (unpaired) electrons. The lowest BCUT2D eigenvalue weighted by molar-refractivity contribution is 0.343. The SMILES string of the molecule is CCC(C)C(C)CCCCCc1nc2ccc(OC)cc2[nH]c1=O. The second-order valence-electron chi connectivity index (χ2n) is 6.86. The van der Waals surface area contributed by atoms with Crippen molar-refractivity contribution in [2.75, 3.05) is 7.11 Å². The lowest BCUT2D eigenvalue weighted by Gasteiger charge is -2.17. The lowest BCUT2D eigenvalue weighted by atomic mass is 9.89. The molecule has 4 nitrogen and oxygen atoms in total. The number of nitrogens with one attached hydrogen (secondary N) is 1. The van der Waals surface area contributed by atoms with Gasteiger partial charge in [-0.1, -0.05) is 46.5 Å².